The Morgan fingerprint density at radius 1 is 0.353 bits per heavy atom. The standard InChI is InChI=1S/C28H23N3O2S.C27H21N3O3S.C27H23N3O2S.C27H22N2O2S/c1-18(32)17-34-28-15-26(30-31-28)25-13-23(21-8-7-19-5-3-4-6-20(19)11-21)12-24(14-25)22-9-10-27(33-2)29-16-22;1-17(31)16-34-26-14-25(29-30-26)23-11-22(20-7-6-18-4-2-3-5-19(18)10-20)12-24(13-23)28-27(32)21-8-9-33-15-21;1-16(31)15-33-26-14-25(28-29-26)23-11-22(12-24(13-23)27-17(2)30-32-18(27)3)21-9-8-19-6-4-5-7-20(19)10-21;1-17(30)16-32-27-15-25(28-29-27)23-12-22(13-24(14-23)26-10-7-18(2)31-26)21-9-8-19-5-3-4-6-20(19)11-21/h3-14,16H,15,17H2,1-2H3;2-13,15H,14,16H2,1H3,(H,28,32);4-13H,14-15H2,1-3H3;3-14H,15-16H2,1-2H3. The summed E-state index contributed by atoms with van der Waals surface area (Å²) in [5.41, 5.74) is 23.2. The number of pyridine rings is 1. The molecule has 4 aromatic heterocycles. The molecule has 0 atom stereocenters. The fourth-order valence-electron chi connectivity index (χ4n) is 15.6. The zero-order valence-electron chi connectivity index (χ0n) is 74.1. The first-order chi connectivity index (χ1) is 64.7. The number of fused-ring (bicyclic) bond motifs is 4. The largest absolute Gasteiger partial charge is 0.481 e. The molecule has 20 nitrogen and oxygen atoms in total. The lowest BCUT2D eigenvalue weighted by Gasteiger charge is -2.12. The van der Waals surface area contributed by atoms with Gasteiger partial charge in [0.15, 0.2) is 0 Å². The van der Waals surface area contributed by atoms with Crippen molar-refractivity contribution in [3.8, 4) is 84.0 Å². The zero-order valence-corrected chi connectivity index (χ0v) is 77.4. The number of aromatic nitrogens is 2. The molecule has 0 saturated carbocycles. The number of benzene rings is 12. The second-order valence-corrected chi connectivity index (χ2v) is 36.6. The maximum absolute atomic E-state index is 12.7. The molecule has 0 bridgehead atoms. The van der Waals surface area contributed by atoms with Gasteiger partial charge in [-0.2, -0.15) is 20.4 Å². The Kier molecular flexibility index (Phi) is 28.2. The summed E-state index contributed by atoms with van der Waals surface area (Å²) in [5, 5.41) is 55.0. The first kappa shape index (κ1) is 90.3. The minimum absolute atomic E-state index is 0.101. The van der Waals surface area contributed by atoms with E-state index in [1.165, 1.54) is 91.9 Å². The van der Waals surface area contributed by atoms with E-state index in [9.17, 15) is 24.0 Å². The molecule has 0 radical (unpaired) electrons. The second kappa shape index (κ2) is 41.6. The molecule has 4 aliphatic rings. The van der Waals surface area contributed by atoms with Gasteiger partial charge in [-0.05, 0) is 285 Å². The number of carbonyl (C=O) groups is 5. The number of hydrogen-bond acceptors (Lipinski definition) is 23. The monoisotopic (exact) mass is 1820 g/mol. The maximum Gasteiger partial charge on any atom is 0.258 e. The van der Waals surface area contributed by atoms with Crippen molar-refractivity contribution < 1.29 is 42.1 Å². The number of nitrogens with one attached hydrogen (secondary N) is 1. The van der Waals surface area contributed by atoms with Gasteiger partial charge in [-0.15, -0.1) is 67.5 Å². The summed E-state index contributed by atoms with van der Waals surface area (Å²) >= 11 is 5.79. The molecule has 4 aliphatic heterocycles. The number of carbonyl (C=O) groups excluding carboxylic acids is 5. The van der Waals surface area contributed by atoms with Gasteiger partial charge < -0.3 is 23.4 Å². The van der Waals surface area contributed by atoms with Crippen LogP contribution in [0.25, 0.3) is 121 Å². The van der Waals surface area contributed by atoms with Crippen LogP contribution in [0.2, 0.25) is 0 Å². The minimum atomic E-state index is -0.252. The summed E-state index contributed by atoms with van der Waals surface area (Å²) in [7, 11) is 1.61. The van der Waals surface area contributed by atoms with Crippen LogP contribution in [0.15, 0.2) is 346 Å². The summed E-state index contributed by atoms with van der Waals surface area (Å²) in [6.07, 6.45) is 7.14. The van der Waals surface area contributed by atoms with Gasteiger partial charge in [-0.25, -0.2) is 4.98 Å². The van der Waals surface area contributed by atoms with Crippen LogP contribution < -0.4 is 10.1 Å². The molecule has 24 heteroatoms. The molecule has 8 heterocycles. The summed E-state index contributed by atoms with van der Waals surface area (Å²) in [4.78, 5) is 62.4. The van der Waals surface area contributed by atoms with Crippen LogP contribution in [0, 0.1) is 20.8 Å². The molecule has 0 spiro atoms. The topological polar surface area (TPSA) is 271 Å². The van der Waals surface area contributed by atoms with Crippen LogP contribution in [0.4, 0.5) is 5.69 Å². The fraction of sp³-hybridized carbons (Fsp3) is 0.147. The van der Waals surface area contributed by atoms with Crippen molar-refractivity contribution in [3.05, 3.63) is 337 Å². The number of ether oxygens (including phenoxy) is 1. The van der Waals surface area contributed by atoms with Crippen molar-refractivity contribution in [2.24, 2.45) is 40.8 Å². The molecule has 0 aliphatic carbocycles. The van der Waals surface area contributed by atoms with Gasteiger partial charge in [0.25, 0.3) is 5.91 Å². The average Bonchev–Trinajstić information content (AvgIpc) is 1.59. The molecule has 12 aromatic carbocycles. The van der Waals surface area contributed by atoms with Crippen molar-refractivity contribution in [2.45, 2.75) is 74.1 Å². The number of rotatable bonds is 22. The van der Waals surface area contributed by atoms with E-state index in [0.29, 0.717) is 65.8 Å². The third kappa shape index (κ3) is 22.7. The van der Waals surface area contributed by atoms with Crippen molar-refractivity contribution in [1.29, 1.82) is 0 Å². The van der Waals surface area contributed by atoms with E-state index in [0.717, 1.165) is 171 Å². The second-order valence-electron chi connectivity index (χ2n) is 32.4. The quantitative estimate of drug-likeness (QED) is 0.0660. The number of furan rings is 2. The highest BCUT2D eigenvalue weighted by Crippen LogP contribution is 2.40. The van der Waals surface area contributed by atoms with Gasteiger partial charge in [0.2, 0.25) is 5.88 Å². The maximum atomic E-state index is 12.7. The van der Waals surface area contributed by atoms with Gasteiger partial charge in [-0.3, -0.25) is 24.0 Å². The smallest absolute Gasteiger partial charge is 0.258 e. The zero-order chi connectivity index (χ0) is 92.0. The van der Waals surface area contributed by atoms with E-state index < -0.39 is 0 Å². The molecule has 0 saturated heterocycles. The van der Waals surface area contributed by atoms with Crippen LogP contribution in [-0.4, -0.2) is 112 Å². The normalized spacial score (nSPS) is 13.1. The third-order valence-corrected chi connectivity index (χ3v) is 26.7. The first-order valence-corrected chi connectivity index (χ1v) is 47.1. The third-order valence-electron chi connectivity index (χ3n) is 22.2. The Bertz CT molecular complexity index is 7490. The van der Waals surface area contributed by atoms with E-state index >= 15 is 0 Å². The van der Waals surface area contributed by atoms with Crippen LogP contribution in [0.3, 0.4) is 0 Å². The van der Waals surface area contributed by atoms with Gasteiger partial charge in [0, 0.05) is 65.9 Å². The molecule has 20 rings (SSSR count). The lowest BCUT2D eigenvalue weighted by atomic mass is 9.92. The Morgan fingerprint density at radius 3 is 1.05 bits per heavy atom. The highest BCUT2D eigenvalue weighted by atomic mass is 32.2. The number of thioether (sulfide) groups is 4. The van der Waals surface area contributed by atoms with E-state index in [2.05, 4.69) is 275 Å². The lowest BCUT2D eigenvalue weighted by Crippen LogP contribution is -2.12. The van der Waals surface area contributed by atoms with E-state index in [-0.39, 0.29) is 29.0 Å². The van der Waals surface area contributed by atoms with Crippen molar-refractivity contribution in [1.82, 2.24) is 10.1 Å². The summed E-state index contributed by atoms with van der Waals surface area (Å²) in [6.45, 7) is 12.2. The van der Waals surface area contributed by atoms with Crippen molar-refractivity contribution in [3.63, 3.8) is 0 Å². The van der Waals surface area contributed by atoms with Crippen molar-refractivity contribution in [2.75, 3.05) is 35.4 Å². The van der Waals surface area contributed by atoms with Gasteiger partial charge >= 0.3 is 0 Å². The minimum Gasteiger partial charge on any atom is -0.481 e. The number of amides is 1. The Hall–Kier alpha value is -14.7. The molecule has 1 amide bonds. The Morgan fingerprint density at radius 2 is 0.699 bits per heavy atom. The molecule has 658 valence electrons. The summed E-state index contributed by atoms with van der Waals surface area (Å²) in [5.74, 6) is 4.97. The van der Waals surface area contributed by atoms with Gasteiger partial charge in [-0.1, -0.05) is 151 Å². The van der Waals surface area contributed by atoms with Crippen LogP contribution in [0.5, 0.6) is 5.88 Å². The van der Waals surface area contributed by atoms with E-state index in [1.807, 2.05) is 75.5 Å². The molecule has 0 fully saturated rings. The number of anilines is 1. The molecule has 133 heavy (non-hydrogen) atoms. The highest BCUT2D eigenvalue weighted by Gasteiger charge is 2.25. The fourth-order valence-corrected chi connectivity index (χ4v) is 18.4. The van der Waals surface area contributed by atoms with Crippen LogP contribution >= 0.6 is 47.0 Å². The summed E-state index contributed by atoms with van der Waals surface area (Å²) in [6, 6.07) is 93.9. The lowest BCUT2D eigenvalue weighted by molar-refractivity contribution is -0.115. The number of Topliss-reactive ketones (excluding diaryl/α,β-unsaturated/α-hetero) is 4. The molecule has 0 unspecified atom stereocenters. The molecule has 1 N–H and O–H groups in total. The number of methoxy groups -OCH3 is 1. The first-order valence-electron chi connectivity index (χ1n) is 43.1. The molecule has 16 aromatic rings. The van der Waals surface area contributed by atoms with Crippen molar-refractivity contribution >= 4 is 168 Å². The number of hydrogen-bond donors (Lipinski definition) is 1. The molecular formula is C109H89N11O9S4. The predicted octanol–water partition coefficient (Wildman–Crippen LogP) is 26.1. The number of ketones is 4. The van der Waals surface area contributed by atoms with Gasteiger partial charge in [0.1, 0.15) is 66.9 Å². The van der Waals surface area contributed by atoms with Crippen LogP contribution in [0.1, 0.15) is 103 Å². The number of nitrogens with zero attached hydrogens (tertiary/aromatic N) is 10. The average molecular weight is 1830 g/mol. The van der Waals surface area contributed by atoms with Gasteiger partial charge in [0.05, 0.1) is 70.5 Å². The Labute approximate surface area is 785 Å². The Balaban J connectivity index is 0.000000124. The SMILES string of the molecule is CC(=O)CSC1=NN=C(c2cc(-c3ccc4ccccc4c3)cc(-c3c(C)noc3C)c2)C1.CC(=O)CSC1=NN=C(c2cc(-c3ccc4ccccc4c3)cc(-c3ccc(C)o3)c2)C1.CC(=O)CSC1=NN=C(c2cc(NC(=O)c3ccoc3)cc(-c3ccc4ccccc4c3)c2)C1.COc1ccc(-c2cc(C3=NN=C(SCC(C)=O)C3)cc(-c3ccc4ccccc4c3)c2)cn1. The van der Waals surface area contributed by atoms with E-state index in [4.69, 9.17) is 18.1 Å². The summed E-state index contributed by atoms with van der Waals surface area (Å²) < 4.78 is 21.6. The van der Waals surface area contributed by atoms with Crippen LogP contribution in [-0.2, 0) is 19.2 Å². The predicted molar refractivity (Wildman–Crippen MR) is 548 cm³/mol. The number of aryl methyl sites for hydroxylation is 3. The molecular weight excluding hydrogens is 1740 g/mol. The van der Waals surface area contributed by atoms with E-state index in [1.54, 1.807) is 40.9 Å². The highest BCUT2D eigenvalue weighted by molar-refractivity contribution is 8.15.